The van der Waals surface area contributed by atoms with Crippen LogP contribution < -0.4 is 0 Å². The number of rotatable bonds is 6. The van der Waals surface area contributed by atoms with Crippen LogP contribution in [-0.2, 0) is 9.47 Å². The molecule has 156 valence electrons. The van der Waals surface area contributed by atoms with Gasteiger partial charge in [0.05, 0.1) is 24.3 Å². The number of carbonyl (C=O) groups is 1. The van der Waals surface area contributed by atoms with Crippen molar-refractivity contribution in [2.45, 2.75) is 24.9 Å². The van der Waals surface area contributed by atoms with Crippen LogP contribution >= 0.6 is 0 Å². The first-order valence-corrected chi connectivity index (χ1v) is 10.5. The zero-order valence-electron chi connectivity index (χ0n) is 17.5. The Morgan fingerprint density at radius 2 is 2.31 bits per heavy atom. The Morgan fingerprint density at radius 3 is 3.17 bits per heavy atom. The molecule has 0 bridgehead atoms. The molecule has 2 aliphatic heterocycles. The van der Waals surface area contributed by atoms with Crippen molar-refractivity contribution in [3.63, 3.8) is 0 Å². The second-order valence-corrected chi connectivity index (χ2v) is 8.56. The molecule has 2 aliphatic rings. The summed E-state index contributed by atoms with van der Waals surface area (Å²) < 4.78 is 11.5. The highest BCUT2D eigenvalue weighted by Crippen LogP contribution is 2.38. The van der Waals surface area contributed by atoms with Crippen molar-refractivity contribution in [1.82, 2.24) is 14.8 Å². The van der Waals surface area contributed by atoms with Crippen molar-refractivity contribution in [3.05, 3.63) is 42.1 Å². The molecular weight excluding hydrogens is 366 g/mol. The number of nitrogens with zero attached hydrogens (tertiary/aromatic N) is 3. The van der Waals surface area contributed by atoms with Crippen LogP contribution in [0, 0.1) is 5.92 Å². The van der Waals surface area contributed by atoms with Gasteiger partial charge in [0.15, 0.2) is 0 Å². The van der Waals surface area contributed by atoms with E-state index in [9.17, 15) is 4.79 Å². The fourth-order valence-corrected chi connectivity index (χ4v) is 4.78. The predicted molar refractivity (Wildman–Crippen MR) is 113 cm³/mol. The molecule has 6 nitrogen and oxygen atoms in total. The highest BCUT2D eigenvalue weighted by Gasteiger charge is 2.44. The molecule has 2 unspecified atom stereocenters. The summed E-state index contributed by atoms with van der Waals surface area (Å²) in [5.74, 6) is 0.609. The molecule has 2 saturated heterocycles. The van der Waals surface area contributed by atoms with E-state index >= 15 is 0 Å². The summed E-state index contributed by atoms with van der Waals surface area (Å²) >= 11 is 0. The van der Waals surface area contributed by atoms with Crippen molar-refractivity contribution in [1.29, 1.82) is 0 Å². The molecule has 1 aromatic carbocycles. The zero-order chi connectivity index (χ0) is 20.3. The SMILES string of the molecule is COCCN(C)CC1COC2(CCCN(C(=O)c3ccc4ncccc4c3)C2)C1. The number of likely N-dealkylation sites (N-methyl/N-ethyl adjacent to an activating group) is 1. The van der Waals surface area contributed by atoms with Crippen LogP contribution in [0.15, 0.2) is 36.5 Å². The van der Waals surface area contributed by atoms with Gasteiger partial charge in [0.2, 0.25) is 0 Å². The van der Waals surface area contributed by atoms with Gasteiger partial charge in [-0.3, -0.25) is 9.78 Å². The molecule has 2 aromatic rings. The summed E-state index contributed by atoms with van der Waals surface area (Å²) in [7, 11) is 3.87. The van der Waals surface area contributed by atoms with Gasteiger partial charge in [0.25, 0.3) is 5.91 Å². The number of pyridine rings is 1. The number of piperidine rings is 1. The van der Waals surface area contributed by atoms with Crippen molar-refractivity contribution in [3.8, 4) is 0 Å². The summed E-state index contributed by atoms with van der Waals surface area (Å²) in [5, 5.41) is 1.00. The van der Waals surface area contributed by atoms with Crippen molar-refractivity contribution in [2.75, 3.05) is 53.6 Å². The predicted octanol–water partition coefficient (Wildman–Crippen LogP) is 2.82. The summed E-state index contributed by atoms with van der Waals surface area (Å²) in [4.78, 5) is 21.8. The number of likely N-dealkylation sites (tertiary alicyclic amines) is 1. The second-order valence-electron chi connectivity index (χ2n) is 8.56. The number of fused-ring (bicyclic) bond motifs is 1. The monoisotopic (exact) mass is 397 g/mol. The maximum atomic E-state index is 13.2. The van der Waals surface area contributed by atoms with Crippen molar-refractivity contribution < 1.29 is 14.3 Å². The maximum absolute atomic E-state index is 13.2. The molecule has 0 aliphatic carbocycles. The van der Waals surface area contributed by atoms with Gasteiger partial charge >= 0.3 is 0 Å². The molecule has 29 heavy (non-hydrogen) atoms. The number of methoxy groups -OCH3 is 1. The number of hydrogen-bond donors (Lipinski definition) is 0. The van der Waals surface area contributed by atoms with E-state index < -0.39 is 0 Å². The van der Waals surface area contributed by atoms with E-state index in [-0.39, 0.29) is 11.5 Å². The van der Waals surface area contributed by atoms with E-state index in [1.165, 1.54) is 0 Å². The first-order chi connectivity index (χ1) is 14.1. The van der Waals surface area contributed by atoms with E-state index in [0.717, 1.165) is 68.6 Å². The minimum atomic E-state index is -0.181. The lowest BCUT2D eigenvalue weighted by molar-refractivity contribution is -0.0450. The van der Waals surface area contributed by atoms with Gasteiger partial charge in [-0.15, -0.1) is 0 Å². The number of ether oxygens (including phenoxy) is 2. The molecule has 1 amide bonds. The molecule has 0 radical (unpaired) electrons. The molecule has 3 heterocycles. The summed E-state index contributed by atoms with van der Waals surface area (Å²) in [6, 6.07) is 9.68. The fourth-order valence-electron chi connectivity index (χ4n) is 4.78. The number of carbonyl (C=O) groups excluding carboxylic acids is 1. The standard InChI is InChI=1S/C23H31N3O3/c1-25(11-12-28-2)15-18-14-23(29-16-18)8-4-10-26(17-23)22(27)20-6-7-21-19(13-20)5-3-9-24-21/h3,5-7,9,13,18H,4,8,10-12,14-17H2,1-2H3. The van der Waals surface area contributed by atoms with Gasteiger partial charge in [0.1, 0.15) is 0 Å². The van der Waals surface area contributed by atoms with E-state index in [1.54, 1.807) is 13.3 Å². The smallest absolute Gasteiger partial charge is 0.253 e. The highest BCUT2D eigenvalue weighted by atomic mass is 16.5. The minimum Gasteiger partial charge on any atom is -0.383 e. The van der Waals surface area contributed by atoms with Crippen LogP contribution in [0.2, 0.25) is 0 Å². The van der Waals surface area contributed by atoms with Gasteiger partial charge in [-0.05, 0) is 56.5 Å². The Bertz CT molecular complexity index is 858. The normalized spacial score (nSPS) is 24.7. The number of aromatic nitrogens is 1. The molecule has 0 saturated carbocycles. The van der Waals surface area contributed by atoms with Crippen molar-refractivity contribution in [2.24, 2.45) is 5.92 Å². The van der Waals surface area contributed by atoms with Crippen LogP contribution in [0.25, 0.3) is 10.9 Å². The van der Waals surface area contributed by atoms with Gasteiger partial charge in [0, 0.05) is 50.4 Å². The van der Waals surface area contributed by atoms with Crippen LogP contribution in [0.4, 0.5) is 0 Å². The molecule has 4 rings (SSSR count). The van der Waals surface area contributed by atoms with Crippen LogP contribution in [0.3, 0.4) is 0 Å². The third-order valence-corrected chi connectivity index (χ3v) is 6.21. The van der Waals surface area contributed by atoms with E-state index in [0.29, 0.717) is 12.5 Å². The van der Waals surface area contributed by atoms with Crippen LogP contribution in [0.1, 0.15) is 29.6 Å². The lowest BCUT2D eigenvalue weighted by Crippen LogP contribution is -2.50. The largest absolute Gasteiger partial charge is 0.383 e. The van der Waals surface area contributed by atoms with Gasteiger partial charge in [-0.1, -0.05) is 6.07 Å². The van der Waals surface area contributed by atoms with E-state index in [2.05, 4.69) is 16.9 Å². The molecule has 2 atom stereocenters. The van der Waals surface area contributed by atoms with Gasteiger partial charge in [-0.2, -0.15) is 0 Å². The Kier molecular flexibility index (Phi) is 6.13. The van der Waals surface area contributed by atoms with Crippen molar-refractivity contribution >= 4 is 16.8 Å². The van der Waals surface area contributed by atoms with E-state index in [1.807, 2.05) is 35.2 Å². The molecular formula is C23H31N3O3. The van der Waals surface area contributed by atoms with Crippen LogP contribution in [-0.4, -0.2) is 79.8 Å². The molecule has 1 aromatic heterocycles. The Balaban J connectivity index is 1.40. The molecule has 1 spiro atoms. The Morgan fingerprint density at radius 1 is 1.41 bits per heavy atom. The summed E-state index contributed by atoms with van der Waals surface area (Å²) in [6.45, 7) is 4.96. The third kappa shape index (κ3) is 4.60. The first-order valence-electron chi connectivity index (χ1n) is 10.5. The second kappa shape index (κ2) is 8.78. The number of benzene rings is 1. The minimum absolute atomic E-state index is 0.0964. The third-order valence-electron chi connectivity index (χ3n) is 6.21. The highest BCUT2D eigenvalue weighted by molar-refractivity contribution is 5.98. The molecule has 6 heteroatoms. The lowest BCUT2D eigenvalue weighted by Gasteiger charge is -2.40. The van der Waals surface area contributed by atoms with Crippen LogP contribution in [0.5, 0.6) is 0 Å². The Hall–Kier alpha value is -2.02. The topological polar surface area (TPSA) is 54.9 Å². The van der Waals surface area contributed by atoms with Gasteiger partial charge in [-0.25, -0.2) is 0 Å². The quantitative estimate of drug-likeness (QED) is 0.750. The lowest BCUT2D eigenvalue weighted by atomic mass is 9.86. The summed E-state index contributed by atoms with van der Waals surface area (Å²) in [5.41, 5.74) is 1.47. The number of amides is 1. The number of hydrogen-bond acceptors (Lipinski definition) is 5. The first kappa shape index (κ1) is 20.3. The zero-order valence-corrected chi connectivity index (χ0v) is 17.5. The fraction of sp³-hybridized carbons (Fsp3) is 0.565. The van der Waals surface area contributed by atoms with Gasteiger partial charge < -0.3 is 19.3 Å². The maximum Gasteiger partial charge on any atom is 0.253 e. The molecule has 2 fully saturated rings. The molecule has 0 N–H and O–H groups in total. The summed E-state index contributed by atoms with van der Waals surface area (Å²) in [6.07, 6.45) is 4.83. The average Bonchev–Trinajstić information content (AvgIpc) is 3.12. The van der Waals surface area contributed by atoms with E-state index in [4.69, 9.17) is 9.47 Å². The Labute approximate surface area is 172 Å². The average molecular weight is 398 g/mol.